The fraction of sp³-hybridized carbons (Fsp3) is 0.917. The molecule has 0 aliphatic rings. The van der Waals surface area contributed by atoms with E-state index in [0.29, 0.717) is 5.75 Å². The van der Waals surface area contributed by atoms with E-state index in [-0.39, 0.29) is 17.2 Å². The van der Waals surface area contributed by atoms with E-state index in [9.17, 15) is 17.4 Å². The summed E-state index contributed by atoms with van der Waals surface area (Å²) in [5.74, 6) is -0.215. The standard InChI is InChI=1S/C12H26N2O4S2/c1-9(2)10(14-20(6,17)18)11(15)13-7-8-19(16)12(3,4)5/h9-10,14H,7-8H2,1-6H3,(H,13,15)/t10-,19-/m0/s1. The molecule has 0 aliphatic carbocycles. The lowest BCUT2D eigenvalue weighted by molar-refractivity contribution is -0.123. The van der Waals surface area contributed by atoms with Gasteiger partial charge in [-0.05, 0) is 26.7 Å². The molecule has 2 N–H and O–H groups in total. The summed E-state index contributed by atoms with van der Waals surface area (Å²) in [5, 5.41) is 2.63. The molecule has 0 aliphatic heterocycles. The van der Waals surface area contributed by atoms with E-state index in [1.165, 1.54) is 0 Å². The van der Waals surface area contributed by atoms with Crippen LogP contribution in [-0.2, 0) is 25.6 Å². The summed E-state index contributed by atoms with van der Waals surface area (Å²) in [6.07, 6.45) is 1.02. The summed E-state index contributed by atoms with van der Waals surface area (Å²) in [7, 11) is -4.50. The molecule has 8 heteroatoms. The van der Waals surface area contributed by atoms with E-state index in [2.05, 4.69) is 10.0 Å². The van der Waals surface area contributed by atoms with E-state index in [1.54, 1.807) is 13.8 Å². The fourth-order valence-electron chi connectivity index (χ4n) is 1.41. The number of nitrogens with one attached hydrogen (secondary N) is 2. The predicted molar refractivity (Wildman–Crippen MR) is 82.4 cm³/mol. The minimum atomic E-state index is -3.45. The van der Waals surface area contributed by atoms with Gasteiger partial charge in [0.25, 0.3) is 0 Å². The largest absolute Gasteiger partial charge is 0.354 e. The number of rotatable bonds is 7. The average Bonchev–Trinajstić information content (AvgIpc) is 2.22. The van der Waals surface area contributed by atoms with E-state index in [1.807, 2.05) is 20.8 Å². The zero-order valence-corrected chi connectivity index (χ0v) is 14.7. The first-order valence-electron chi connectivity index (χ1n) is 6.48. The summed E-state index contributed by atoms with van der Waals surface area (Å²) < 4.78 is 36.3. The molecule has 0 radical (unpaired) electrons. The van der Waals surface area contributed by atoms with Crippen molar-refractivity contribution in [1.82, 2.24) is 10.0 Å². The van der Waals surface area contributed by atoms with Gasteiger partial charge < -0.3 is 5.32 Å². The Kier molecular flexibility index (Phi) is 7.34. The molecule has 0 rings (SSSR count). The van der Waals surface area contributed by atoms with Crippen LogP contribution in [0.2, 0.25) is 0 Å². The Morgan fingerprint density at radius 1 is 1.25 bits per heavy atom. The quantitative estimate of drug-likeness (QED) is 0.700. The molecule has 120 valence electrons. The first kappa shape index (κ1) is 19.5. The average molecular weight is 326 g/mol. The molecule has 0 unspecified atom stereocenters. The molecule has 0 fully saturated rings. The number of amides is 1. The lowest BCUT2D eigenvalue weighted by atomic mass is 10.1. The molecule has 0 saturated carbocycles. The first-order valence-corrected chi connectivity index (χ1v) is 9.69. The molecule has 0 spiro atoms. The molecule has 6 nitrogen and oxygen atoms in total. The van der Waals surface area contributed by atoms with Crippen molar-refractivity contribution in [2.45, 2.75) is 45.4 Å². The highest BCUT2D eigenvalue weighted by molar-refractivity contribution is 7.88. The second-order valence-corrected chi connectivity index (χ2v) is 10.2. The van der Waals surface area contributed by atoms with Crippen molar-refractivity contribution in [2.24, 2.45) is 5.92 Å². The minimum Gasteiger partial charge on any atom is -0.354 e. The van der Waals surface area contributed by atoms with Crippen LogP contribution in [0.25, 0.3) is 0 Å². The van der Waals surface area contributed by atoms with Crippen LogP contribution in [-0.4, -0.2) is 47.9 Å². The number of hydrogen-bond donors (Lipinski definition) is 2. The number of carbonyl (C=O) groups is 1. The molecule has 0 saturated heterocycles. The molecule has 0 aromatic carbocycles. The van der Waals surface area contributed by atoms with Gasteiger partial charge in [-0.2, -0.15) is 0 Å². The highest BCUT2D eigenvalue weighted by Gasteiger charge is 2.25. The third-order valence-electron chi connectivity index (χ3n) is 2.56. The zero-order chi connectivity index (χ0) is 16.1. The maximum atomic E-state index is 12.0. The third kappa shape index (κ3) is 7.96. The third-order valence-corrected chi connectivity index (χ3v) is 5.18. The molecule has 1 amide bonds. The van der Waals surface area contributed by atoms with Crippen LogP contribution in [0.1, 0.15) is 34.6 Å². The van der Waals surface area contributed by atoms with Gasteiger partial charge in [-0.15, -0.1) is 0 Å². The lowest BCUT2D eigenvalue weighted by Gasteiger charge is -2.21. The Balaban J connectivity index is 4.47. The van der Waals surface area contributed by atoms with Gasteiger partial charge in [-0.1, -0.05) is 13.8 Å². The van der Waals surface area contributed by atoms with Gasteiger partial charge in [0.1, 0.15) is 6.04 Å². The smallest absolute Gasteiger partial charge is 0.238 e. The SMILES string of the molecule is CC(C)[C@H](NS(C)(=O)=O)C(=O)NCC[S@](=O)C(C)(C)C. The van der Waals surface area contributed by atoms with Gasteiger partial charge in [0, 0.05) is 27.8 Å². The van der Waals surface area contributed by atoms with Crippen LogP contribution in [0.15, 0.2) is 0 Å². The summed E-state index contributed by atoms with van der Waals surface area (Å²) in [5.41, 5.74) is 0. The van der Waals surface area contributed by atoms with Crippen molar-refractivity contribution < 1.29 is 17.4 Å². The van der Waals surface area contributed by atoms with Crippen LogP contribution in [0, 0.1) is 5.92 Å². The van der Waals surface area contributed by atoms with Crippen molar-refractivity contribution in [3.05, 3.63) is 0 Å². The fourth-order valence-corrected chi connectivity index (χ4v) is 3.15. The molecule has 0 aromatic rings. The Labute approximate surface area is 124 Å². The lowest BCUT2D eigenvalue weighted by Crippen LogP contribution is -2.50. The number of hydrogen-bond acceptors (Lipinski definition) is 4. The molecule has 0 heterocycles. The van der Waals surface area contributed by atoms with Crippen molar-refractivity contribution in [3.63, 3.8) is 0 Å². The summed E-state index contributed by atoms with van der Waals surface area (Å²) >= 11 is 0. The van der Waals surface area contributed by atoms with Gasteiger partial charge in [0.2, 0.25) is 15.9 Å². The predicted octanol–water partition coefficient (Wildman–Crippen LogP) is 0.224. The van der Waals surface area contributed by atoms with E-state index in [4.69, 9.17) is 0 Å². The maximum Gasteiger partial charge on any atom is 0.238 e. The van der Waals surface area contributed by atoms with Crippen LogP contribution in [0.3, 0.4) is 0 Å². The van der Waals surface area contributed by atoms with Crippen molar-refractivity contribution >= 4 is 26.7 Å². The van der Waals surface area contributed by atoms with Crippen molar-refractivity contribution in [2.75, 3.05) is 18.6 Å². The Morgan fingerprint density at radius 3 is 2.10 bits per heavy atom. The van der Waals surface area contributed by atoms with Gasteiger partial charge >= 0.3 is 0 Å². The first-order chi connectivity index (χ1) is 8.84. The van der Waals surface area contributed by atoms with E-state index >= 15 is 0 Å². The van der Waals surface area contributed by atoms with Crippen LogP contribution in [0.5, 0.6) is 0 Å². The van der Waals surface area contributed by atoms with Crippen LogP contribution >= 0.6 is 0 Å². The second-order valence-electron chi connectivity index (χ2n) is 6.06. The number of carbonyl (C=O) groups excluding carboxylic acids is 1. The van der Waals surface area contributed by atoms with Gasteiger partial charge in [0.05, 0.1) is 6.26 Å². The molecular formula is C12H26N2O4S2. The minimum absolute atomic E-state index is 0.169. The molecular weight excluding hydrogens is 300 g/mol. The normalized spacial score (nSPS) is 15.9. The summed E-state index contributed by atoms with van der Waals surface area (Å²) in [6.45, 7) is 9.38. The highest BCUT2D eigenvalue weighted by atomic mass is 32.2. The molecule has 0 aromatic heterocycles. The maximum absolute atomic E-state index is 12.0. The van der Waals surface area contributed by atoms with Crippen molar-refractivity contribution in [3.8, 4) is 0 Å². The van der Waals surface area contributed by atoms with E-state index < -0.39 is 32.8 Å². The molecule has 0 bridgehead atoms. The van der Waals surface area contributed by atoms with Crippen molar-refractivity contribution in [1.29, 1.82) is 0 Å². The highest BCUT2D eigenvalue weighted by Crippen LogP contribution is 2.10. The van der Waals surface area contributed by atoms with E-state index in [0.717, 1.165) is 6.26 Å². The Morgan fingerprint density at radius 2 is 1.75 bits per heavy atom. The van der Waals surface area contributed by atoms with Gasteiger partial charge in [-0.25, -0.2) is 13.1 Å². The molecule has 20 heavy (non-hydrogen) atoms. The summed E-state index contributed by atoms with van der Waals surface area (Å²) in [6, 6.07) is -0.812. The zero-order valence-electron chi connectivity index (χ0n) is 13.0. The summed E-state index contributed by atoms with van der Waals surface area (Å²) in [4.78, 5) is 12.0. The number of sulfonamides is 1. The van der Waals surface area contributed by atoms with Gasteiger partial charge in [-0.3, -0.25) is 9.00 Å². The van der Waals surface area contributed by atoms with Crippen LogP contribution < -0.4 is 10.0 Å². The second kappa shape index (κ2) is 7.51. The Hall–Kier alpha value is -0.470. The monoisotopic (exact) mass is 326 g/mol. The van der Waals surface area contributed by atoms with Crippen LogP contribution in [0.4, 0.5) is 0 Å². The Bertz CT molecular complexity index is 453. The topological polar surface area (TPSA) is 92.3 Å². The van der Waals surface area contributed by atoms with Gasteiger partial charge in [0.15, 0.2) is 0 Å². The molecule has 2 atom stereocenters.